The summed E-state index contributed by atoms with van der Waals surface area (Å²) >= 11 is 1.44. The average molecular weight is 371 g/mol. The van der Waals surface area contributed by atoms with Crippen molar-refractivity contribution in [1.82, 2.24) is 0 Å². The molecule has 0 atom stereocenters. The predicted octanol–water partition coefficient (Wildman–Crippen LogP) is 3.66. The normalized spacial score (nSPS) is 15.2. The van der Waals surface area contributed by atoms with Gasteiger partial charge in [-0.2, -0.15) is 0 Å². The fraction of sp³-hybridized carbons (Fsp3) is 0.211. The van der Waals surface area contributed by atoms with Crippen molar-refractivity contribution in [3.8, 4) is 11.5 Å². The van der Waals surface area contributed by atoms with Gasteiger partial charge in [0, 0.05) is 0 Å². The number of rotatable bonds is 5. The van der Waals surface area contributed by atoms with Gasteiger partial charge in [-0.15, -0.1) is 11.3 Å². The van der Waals surface area contributed by atoms with E-state index in [2.05, 4.69) is 4.99 Å². The number of carbonyl (C=O) groups is 2. The molecule has 1 aromatic carbocycles. The van der Waals surface area contributed by atoms with E-state index in [0.717, 1.165) is 4.88 Å². The first kappa shape index (κ1) is 17.9. The zero-order chi connectivity index (χ0) is 18.7. The second kappa shape index (κ2) is 7.53. The number of hydrogen-bond donors (Lipinski definition) is 0. The molecule has 2 heterocycles. The summed E-state index contributed by atoms with van der Waals surface area (Å²) < 4.78 is 15.8. The van der Waals surface area contributed by atoms with Crippen molar-refractivity contribution >= 4 is 35.2 Å². The first-order valence-corrected chi connectivity index (χ1v) is 8.82. The van der Waals surface area contributed by atoms with Crippen LogP contribution in [0.1, 0.15) is 24.3 Å². The smallest absolute Gasteiger partial charge is 0.363 e. The zero-order valence-electron chi connectivity index (χ0n) is 14.5. The highest BCUT2D eigenvalue weighted by Crippen LogP contribution is 2.30. The molecule has 0 fully saturated rings. The Morgan fingerprint density at radius 2 is 2.08 bits per heavy atom. The number of esters is 2. The van der Waals surface area contributed by atoms with Gasteiger partial charge in [-0.05, 0) is 35.2 Å². The number of thiophene rings is 1. The first-order chi connectivity index (χ1) is 12.5. The van der Waals surface area contributed by atoms with Crippen molar-refractivity contribution in [1.29, 1.82) is 0 Å². The van der Waals surface area contributed by atoms with Gasteiger partial charge >= 0.3 is 11.9 Å². The van der Waals surface area contributed by atoms with Crippen molar-refractivity contribution in [3.05, 3.63) is 51.8 Å². The Bertz CT molecular complexity index is 897. The minimum Gasteiger partial charge on any atom is -0.493 e. The van der Waals surface area contributed by atoms with E-state index in [0.29, 0.717) is 11.3 Å². The SMILES string of the molecule is COc1ccc(C=C2N=C(c3cccs3)OC2=O)cc1OC(=O)C(C)C. The molecule has 1 aliphatic heterocycles. The molecule has 7 heteroatoms. The number of cyclic esters (lactones) is 1. The van der Waals surface area contributed by atoms with Crippen LogP contribution in [0, 0.1) is 5.92 Å². The van der Waals surface area contributed by atoms with E-state index < -0.39 is 5.97 Å². The third-order valence-electron chi connectivity index (χ3n) is 3.53. The number of ether oxygens (including phenoxy) is 3. The Morgan fingerprint density at radius 1 is 1.27 bits per heavy atom. The van der Waals surface area contributed by atoms with Crippen LogP contribution in [0.5, 0.6) is 11.5 Å². The summed E-state index contributed by atoms with van der Waals surface area (Å²) in [7, 11) is 1.49. The molecule has 0 saturated carbocycles. The van der Waals surface area contributed by atoms with E-state index in [-0.39, 0.29) is 29.2 Å². The molecule has 1 aromatic heterocycles. The second-order valence-electron chi connectivity index (χ2n) is 5.80. The van der Waals surface area contributed by atoms with Gasteiger partial charge in [0.2, 0.25) is 5.90 Å². The van der Waals surface area contributed by atoms with Crippen LogP contribution in [0.3, 0.4) is 0 Å². The molecular weight excluding hydrogens is 354 g/mol. The summed E-state index contributed by atoms with van der Waals surface area (Å²) in [5.41, 5.74) is 0.820. The van der Waals surface area contributed by atoms with E-state index in [9.17, 15) is 9.59 Å². The Labute approximate surface area is 154 Å². The monoisotopic (exact) mass is 371 g/mol. The number of aliphatic imine (C=N–C) groups is 1. The van der Waals surface area contributed by atoms with Gasteiger partial charge in [-0.25, -0.2) is 9.79 Å². The van der Waals surface area contributed by atoms with Crippen LogP contribution in [0.25, 0.3) is 6.08 Å². The van der Waals surface area contributed by atoms with Crippen LogP contribution in [-0.2, 0) is 14.3 Å². The van der Waals surface area contributed by atoms with Gasteiger partial charge < -0.3 is 14.2 Å². The van der Waals surface area contributed by atoms with E-state index >= 15 is 0 Å². The largest absolute Gasteiger partial charge is 0.493 e. The van der Waals surface area contributed by atoms with Crippen molar-refractivity contribution in [2.24, 2.45) is 10.9 Å². The molecule has 0 N–H and O–H groups in total. The van der Waals surface area contributed by atoms with Gasteiger partial charge in [0.1, 0.15) is 0 Å². The summed E-state index contributed by atoms with van der Waals surface area (Å²) in [6.07, 6.45) is 1.58. The fourth-order valence-electron chi connectivity index (χ4n) is 2.16. The Morgan fingerprint density at radius 3 is 2.73 bits per heavy atom. The van der Waals surface area contributed by atoms with Gasteiger partial charge in [0.05, 0.1) is 17.9 Å². The van der Waals surface area contributed by atoms with Crippen molar-refractivity contribution in [3.63, 3.8) is 0 Å². The summed E-state index contributed by atoms with van der Waals surface area (Å²) in [6.45, 7) is 3.49. The summed E-state index contributed by atoms with van der Waals surface area (Å²) in [5, 5.41) is 1.88. The number of carbonyl (C=O) groups excluding carboxylic acids is 2. The summed E-state index contributed by atoms with van der Waals surface area (Å²) in [6, 6.07) is 8.72. The Hall–Kier alpha value is -2.93. The van der Waals surface area contributed by atoms with Crippen molar-refractivity contribution in [2.75, 3.05) is 7.11 Å². The highest BCUT2D eigenvalue weighted by atomic mass is 32.1. The van der Waals surface area contributed by atoms with E-state index in [1.54, 1.807) is 38.1 Å². The maximum absolute atomic E-state index is 12.0. The molecule has 26 heavy (non-hydrogen) atoms. The molecule has 0 radical (unpaired) electrons. The maximum atomic E-state index is 12.0. The molecule has 1 aliphatic rings. The number of methoxy groups -OCH3 is 1. The topological polar surface area (TPSA) is 74.2 Å². The number of benzene rings is 1. The Balaban J connectivity index is 1.90. The zero-order valence-corrected chi connectivity index (χ0v) is 15.3. The lowest BCUT2D eigenvalue weighted by molar-refractivity contribution is -0.137. The Kier molecular flexibility index (Phi) is 5.18. The van der Waals surface area contributed by atoms with Crippen LogP contribution < -0.4 is 9.47 Å². The molecule has 0 bridgehead atoms. The molecule has 0 saturated heterocycles. The molecule has 0 aliphatic carbocycles. The van der Waals surface area contributed by atoms with Crippen molar-refractivity contribution in [2.45, 2.75) is 13.8 Å². The molecule has 0 spiro atoms. The molecule has 0 unspecified atom stereocenters. The van der Waals surface area contributed by atoms with Gasteiger partial charge in [0.15, 0.2) is 17.2 Å². The maximum Gasteiger partial charge on any atom is 0.363 e. The first-order valence-electron chi connectivity index (χ1n) is 7.94. The van der Waals surface area contributed by atoms with Gasteiger partial charge in [0.25, 0.3) is 0 Å². The van der Waals surface area contributed by atoms with Crippen LogP contribution in [-0.4, -0.2) is 24.9 Å². The fourth-order valence-corrected chi connectivity index (χ4v) is 2.81. The number of nitrogens with zero attached hydrogens (tertiary/aromatic N) is 1. The van der Waals surface area contributed by atoms with Crippen LogP contribution >= 0.6 is 11.3 Å². The molecule has 3 rings (SSSR count). The second-order valence-corrected chi connectivity index (χ2v) is 6.75. The van der Waals surface area contributed by atoms with Crippen LogP contribution in [0.2, 0.25) is 0 Å². The van der Waals surface area contributed by atoms with Crippen molar-refractivity contribution < 1.29 is 23.8 Å². The van der Waals surface area contributed by atoms with E-state index in [1.165, 1.54) is 18.4 Å². The minimum atomic E-state index is -0.523. The lowest BCUT2D eigenvalue weighted by Crippen LogP contribution is -2.15. The predicted molar refractivity (Wildman–Crippen MR) is 98.4 cm³/mol. The van der Waals surface area contributed by atoms with Gasteiger partial charge in [-0.3, -0.25) is 4.79 Å². The van der Waals surface area contributed by atoms with Crippen LogP contribution in [0.15, 0.2) is 46.4 Å². The third kappa shape index (κ3) is 3.83. The average Bonchev–Trinajstić information content (AvgIpc) is 3.25. The van der Waals surface area contributed by atoms with E-state index in [4.69, 9.17) is 14.2 Å². The number of hydrogen-bond acceptors (Lipinski definition) is 7. The van der Waals surface area contributed by atoms with Gasteiger partial charge in [-0.1, -0.05) is 26.0 Å². The lowest BCUT2D eigenvalue weighted by Gasteiger charge is -2.11. The third-order valence-corrected chi connectivity index (χ3v) is 4.38. The standard InChI is InChI=1S/C19H17NO5S/c1-11(2)18(21)24-15-10-12(6-7-14(15)23-3)9-13-19(22)25-17(20-13)16-5-4-8-26-16/h4-11H,1-3H3. The summed E-state index contributed by atoms with van der Waals surface area (Å²) in [5.74, 6) is -0.163. The molecule has 134 valence electrons. The summed E-state index contributed by atoms with van der Waals surface area (Å²) in [4.78, 5) is 28.9. The quantitative estimate of drug-likeness (QED) is 0.455. The van der Waals surface area contributed by atoms with Crippen LogP contribution in [0.4, 0.5) is 0 Å². The molecule has 2 aromatic rings. The highest BCUT2D eigenvalue weighted by Gasteiger charge is 2.25. The lowest BCUT2D eigenvalue weighted by atomic mass is 10.1. The minimum absolute atomic E-state index is 0.180. The van der Waals surface area contributed by atoms with E-state index in [1.807, 2.05) is 17.5 Å². The molecule has 6 nitrogen and oxygen atoms in total. The molecule has 0 amide bonds. The highest BCUT2D eigenvalue weighted by molar-refractivity contribution is 7.12. The molecular formula is C19H17NO5S.